The molecule has 1 aliphatic heterocycles. The van der Waals surface area contributed by atoms with E-state index in [1.165, 1.54) is 11.3 Å². The highest BCUT2D eigenvalue weighted by Crippen LogP contribution is 2.29. The average molecular weight is 339 g/mol. The Balaban J connectivity index is 1.56. The molecule has 0 aromatic carbocycles. The van der Waals surface area contributed by atoms with Gasteiger partial charge in [0, 0.05) is 42.7 Å². The molecule has 0 radical (unpaired) electrons. The number of carbonyl (C=O) groups is 1. The summed E-state index contributed by atoms with van der Waals surface area (Å²) >= 11 is 1.44. The Morgan fingerprint density at radius 3 is 2.88 bits per heavy atom. The number of nitrogen functional groups attached to an aromatic ring is 1. The lowest BCUT2D eigenvalue weighted by Gasteiger charge is -2.32. The third-order valence-corrected chi connectivity index (χ3v) is 5.18. The van der Waals surface area contributed by atoms with E-state index in [2.05, 4.69) is 15.0 Å². The van der Waals surface area contributed by atoms with Gasteiger partial charge in [-0.25, -0.2) is 9.97 Å². The zero-order chi connectivity index (χ0) is 16.5. The van der Waals surface area contributed by atoms with Gasteiger partial charge in [-0.1, -0.05) is 11.3 Å². The zero-order valence-corrected chi connectivity index (χ0v) is 13.9. The maximum atomic E-state index is 12.6. The average Bonchev–Trinajstić information content (AvgIpc) is 3.01. The smallest absolute Gasteiger partial charge is 0.253 e. The fourth-order valence-electron chi connectivity index (χ4n) is 3.16. The van der Waals surface area contributed by atoms with E-state index in [4.69, 9.17) is 5.73 Å². The number of fused-ring (bicyclic) bond motifs is 1. The minimum atomic E-state index is 0.0566. The molecule has 0 bridgehead atoms. The van der Waals surface area contributed by atoms with Crippen LogP contribution < -0.4 is 5.73 Å². The van der Waals surface area contributed by atoms with Crippen molar-refractivity contribution in [1.82, 2.24) is 19.9 Å². The fourth-order valence-corrected chi connectivity index (χ4v) is 3.83. The molecule has 3 aromatic rings. The first-order chi connectivity index (χ1) is 11.7. The van der Waals surface area contributed by atoms with Crippen molar-refractivity contribution in [3.05, 3.63) is 47.9 Å². The molecule has 4 heterocycles. The number of hydrogen-bond donors (Lipinski definition) is 1. The molecule has 6 nitrogen and oxygen atoms in total. The van der Waals surface area contributed by atoms with E-state index in [-0.39, 0.29) is 11.8 Å². The third kappa shape index (κ3) is 2.82. The SMILES string of the molecule is Nc1nc2nc([C@@H]3CCCN(C(=O)c4ccncc4)C3)ccc2s1. The minimum Gasteiger partial charge on any atom is -0.375 e. The molecule has 1 aliphatic rings. The Hall–Kier alpha value is -2.54. The van der Waals surface area contributed by atoms with Crippen LogP contribution in [0.1, 0.15) is 34.8 Å². The summed E-state index contributed by atoms with van der Waals surface area (Å²) in [6, 6.07) is 7.57. The number of nitrogens with zero attached hydrogens (tertiary/aromatic N) is 4. The molecule has 0 aliphatic carbocycles. The molecule has 1 saturated heterocycles. The largest absolute Gasteiger partial charge is 0.375 e. The van der Waals surface area contributed by atoms with Gasteiger partial charge in [-0.05, 0) is 37.1 Å². The Morgan fingerprint density at radius 2 is 2.04 bits per heavy atom. The van der Waals surface area contributed by atoms with E-state index in [1.807, 2.05) is 17.0 Å². The first-order valence-corrected chi connectivity index (χ1v) is 8.74. The first kappa shape index (κ1) is 15.0. The number of carbonyl (C=O) groups excluding carboxylic acids is 1. The second kappa shape index (κ2) is 6.16. The molecule has 0 spiro atoms. The summed E-state index contributed by atoms with van der Waals surface area (Å²) in [5, 5.41) is 0.535. The van der Waals surface area contributed by atoms with Crippen molar-refractivity contribution in [2.24, 2.45) is 0 Å². The van der Waals surface area contributed by atoms with Gasteiger partial charge in [0.25, 0.3) is 5.91 Å². The molecule has 1 atom stereocenters. The van der Waals surface area contributed by atoms with E-state index >= 15 is 0 Å². The summed E-state index contributed by atoms with van der Waals surface area (Å²) in [7, 11) is 0. The lowest BCUT2D eigenvalue weighted by molar-refractivity contribution is 0.0706. The Labute approximate surface area is 143 Å². The van der Waals surface area contributed by atoms with E-state index < -0.39 is 0 Å². The number of anilines is 1. The molecule has 1 fully saturated rings. The molecule has 24 heavy (non-hydrogen) atoms. The zero-order valence-electron chi connectivity index (χ0n) is 13.1. The Kier molecular flexibility index (Phi) is 3.86. The second-order valence-corrected chi connectivity index (χ2v) is 7.00. The standard InChI is InChI=1S/C17H17N5OS/c18-17-21-15-14(24-17)4-3-13(20-15)12-2-1-9-22(10-12)16(23)11-5-7-19-8-6-11/h3-8,12H,1-2,9-10H2,(H2,18,20,21)/t12-/m1/s1. The van der Waals surface area contributed by atoms with Crippen LogP contribution >= 0.6 is 11.3 Å². The summed E-state index contributed by atoms with van der Waals surface area (Å²) < 4.78 is 0.997. The van der Waals surface area contributed by atoms with E-state index in [1.54, 1.807) is 24.5 Å². The summed E-state index contributed by atoms with van der Waals surface area (Å²) in [6.45, 7) is 1.46. The highest BCUT2D eigenvalue weighted by atomic mass is 32.1. The van der Waals surface area contributed by atoms with Gasteiger partial charge in [0.2, 0.25) is 0 Å². The number of amides is 1. The van der Waals surface area contributed by atoms with Crippen molar-refractivity contribution in [2.45, 2.75) is 18.8 Å². The Bertz CT molecular complexity index is 879. The molecule has 3 aromatic heterocycles. The van der Waals surface area contributed by atoms with Gasteiger partial charge in [0.1, 0.15) is 0 Å². The van der Waals surface area contributed by atoms with Crippen LogP contribution in [0.3, 0.4) is 0 Å². The molecule has 7 heteroatoms. The maximum Gasteiger partial charge on any atom is 0.253 e. The van der Waals surface area contributed by atoms with Crippen LogP contribution in [0.4, 0.5) is 5.13 Å². The van der Waals surface area contributed by atoms with E-state index in [9.17, 15) is 4.79 Å². The van der Waals surface area contributed by atoms with E-state index in [0.29, 0.717) is 22.9 Å². The van der Waals surface area contributed by atoms with Crippen LogP contribution in [0.25, 0.3) is 10.3 Å². The number of nitrogens with two attached hydrogens (primary N) is 1. The minimum absolute atomic E-state index is 0.0566. The molecule has 0 unspecified atom stereocenters. The van der Waals surface area contributed by atoms with Gasteiger partial charge >= 0.3 is 0 Å². The molecule has 122 valence electrons. The quantitative estimate of drug-likeness (QED) is 0.776. The number of rotatable bonds is 2. The monoisotopic (exact) mass is 339 g/mol. The lowest BCUT2D eigenvalue weighted by atomic mass is 9.94. The van der Waals surface area contributed by atoms with Crippen LogP contribution in [-0.2, 0) is 0 Å². The van der Waals surface area contributed by atoms with Crippen LogP contribution in [0, 0.1) is 0 Å². The lowest BCUT2D eigenvalue weighted by Crippen LogP contribution is -2.39. The van der Waals surface area contributed by atoms with Gasteiger partial charge < -0.3 is 10.6 Å². The maximum absolute atomic E-state index is 12.6. The van der Waals surface area contributed by atoms with Crippen LogP contribution in [-0.4, -0.2) is 38.8 Å². The number of aromatic nitrogens is 3. The number of hydrogen-bond acceptors (Lipinski definition) is 6. The van der Waals surface area contributed by atoms with Gasteiger partial charge in [0.15, 0.2) is 10.8 Å². The molecule has 2 N–H and O–H groups in total. The van der Waals surface area contributed by atoms with Crippen molar-refractivity contribution in [2.75, 3.05) is 18.8 Å². The van der Waals surface area contributed by atoms with E-state index in [0.717, 1.165) is 29.8 Å². The fraction of sp³-hybridized carbons (Fsp3) is 0.294. The van der Waals surface area contributed by atoms with Crippen molar-refractivity contribution >= 4 is 32.7 Å². The van der Waals surface area contributed by atoms with Gasteiger partial charge in [-0.3, -0.25) is 9.78 Å². The van der Waals surface area contributed by atoms with Crippen LogP contribution in [0.15, 0.2) is 36.7 Å². The third-order valence-electron chi connectivity index (χ3n) is 4.35. The second-order valence-electron chi connectivity index (χ2n) is 5.94. The van der Waals surface area contributed by atoms with Crippen LogP contribution in [0.2, 0.25) is 0 Å². The summed E-state index contributed by atoms with van der Waals surface area (Å²) in [5.74, 6) is 0.290. The van der Waals surface area contributed by atoms with Gasteiger partial charge in [0.05, 0.1) is 4.70 Å². The first-order valence-electron chi connectivity index (χ1n) is 7.93. The number of piperidine rings is 1. The van der Waals surface area contributed by atoms with Gasteiger partial charge in [-0.2, -0.15) is 0 Å². The molecule has 1 amide bonds. The topological polar surface area (TPSA) is 85.0 Å². The number of thiazole rings is 1. The molecular formula is C17H17N5OS. The highest BCUT2D eigenvalue weighted by Gasteiger charge is 2.26. The van der Waals surface area contributed by atoms with Crippen LogP contribution in [0.5, 0.6) is 0 Å². The summed E-state index contributed by atoms with van der Waals surface area (Å²) in [4.78, 5) is 27.4. The van der Waals surface area contributed by atoms with Gasteiger partial charge in [-0.15, -0.1) is 0 Å². The number of likely N-dealkylation sites (tertiary alicyclic amines) is 1. The number of pyridine rings is 2. The van der Waals surface area contributed by atoms with Crippen molar-refractivity contribution < 1.29 is 4.79 Å². The van der Waals surface area contributed by atoms with Crippen molar-refractivity contribution in [3.63, 3.8) is 0 Å². The van der Waals surface area contributed by atoms with Crippen molar-refractivity contribution in [3.8, 4) is 0 Å². The molecule has 4 rings (SSSR count). The van der Waals surface area contributed by atoms with Crippen molar-refractivity contribution in [1.29, 1.82) is 0 Å². The molecular weight excluding hydrogens is 322 g/mol. The highest BCUT2D eigenvalue weighted by molar-refractivity contribution is 7.21. The summed E-state index contributed by atoms with van der Waals surface area (Å²) in [5.41, 5.74) is 8.12. The predicted octanol–water partition coefficient (Wildman–Crippen LogP) is 2.69. The Morgan fingerprint density at radius 1 is 1.21 bits per heavy atom. The summed E-state index contributed by atoms with van der Waals surface area (Å²) in [6.07, 6.45) is 5.30. The predicted molar refractivity (Wildman–Crippen MR) is 93.9 cm³/mol. The molecule has 0 saturated carbocycles. The normalized spacial score (nSPS) is 18.0.